The molecule has 0 bridgehead atoms. The van der Waals surface area contributed by atoms with Crippen molar-refractivity contribution in [2.75, 3.05) is 20.8 Å². The first-order valence-electron chi connectivity index (χ1n) is 8.41. The van der Waals surface area contributed by atoms with Crippen LogP contribution in [0.3, 0.4) is 0 Å². The zero-order valence-corrected chi connectivity index (χ0v) is 15.1. The van der Waals surface area contributed by atoms with Gasteiger partial charge in [0.25, 0.3) is 5.91 Å². The van der Waals surface area contributed by atoms with Gasteiger partial charge < -0.3 is 14.8 Å². The Balaban J connectivity index is 1.67. The number of methoxy groups -OCH3 is 2. The topological polar surface area (TPSA) is 65.4 Å². The largest absolute Gasteiger partial charge is 0.497 e. The van der Waals surface area contributed by atoms with Crippen LogP contribution in [-0.2, 0) is 6.42 Å². The van der Waals surface area contributed by atoms with E-state index in [2.05, 4.69) is 10.4 Å². The number of nitrogens with one attached hydrogen (secondary N) is 1. The maximum absolute atomic E-state index is 13.1. The Bertz CT molecular complexity index is 922. The highest BCUT2D eigenvalue weighted by Gasteiger charge is 2.18. The first-order chi connectivity index (χ1) is 13.1. The molecular formula is C20H20FN3O3. The molecule has 6 nitrogen and oxygen atoms in total. The quantitative estimate of drug-likeness (QED) is 0.695. The maximum atomic E-state index is 13.1. The van der Waals surface area contributed by atoms with E-state index in [-0.39, 0.29) is 17.4 Å². The molecule has 0 saturated carbocycles. The molecule has 0 spiro atoms. The van der Waals surface area contributed by atoms with Crippen LogP contribution in [0.25, 0.3) is 5.69 Å². The van der Waals surface area contributed by atoms with E-state index < -0.39 is 0 Å². The van der Waals surface area contributed by atoms with Crippen LogP contribution < -0.4 is 14.8 Å². The standard InChI is InChI=1S/C20H20FN3O3/c1-26-17-5-3-4-14(12-17)10-11-22-20(25)19-18(27-2)13-24(23-19)16-8-6-15(21)7-9-16/h3-9,12-13H,10-11H2,1-2H3,(H,22,25). The molecule has 0 aliphatic heterocycles. The molecule has 27 heavy (non-hydrogen) atoms. The van der Waals surface area contributed by atoms with Gasteiger partial charge in [-0.15, -0.1) is 0 Å². The lowest BCUT2D eigenvalue weighted by molar-refractivity contribution is 0.0946. The number of rotatable bonds is 7. The molecule has 140 valence electrons. The predicted molar refractivity (Wildman–Crippen MR) is 99.1 cm³/mol. The fourth-order valence-electron chi connectivity index (χ4n) is 2.62. The van der Waals surface area contributed by atoms with E-state index in [9.17, 15) is 9.18 Å². The second-order valence-electron chi connectivity index (χ2n) is 5.82. The van der Waals surface area contributed by atoms with Crippen molar-refractivity contribution >= 4 is 5.91 Å². The number of hydrogen-bond acceptors (Lipinski definition) is 4. The van der Waals surface area contributed by atoms with Gasteiger partial charge in [0.05, 0.1) is 26.1 Å². The zero-order valence-electron chi connectivity index (χ0n) is 15.1. The molecule has 0 unspecified atom stereocenters. The number of hydrogen-bond donors (Lipinski definition) is 1. The Hall–Kier alpha value is -3.35. The van der Waals surface area contributed by atoms with Crippen molar-refractivity contribution in [2.45, 2.75) is 6.42 Å². The molecule has 1 heterocycles. The summed E-state index contributed by atoms with van der Waals surface area (Å²) in [6, 6.07) is 13.5. The average molecular weight is 369 g/mol. The molecule has 3 rings (SSSR count). The van der Waals surface area contributed by atoms with Crippen LogP contribution in [0, 0.1) is 5.82 Å². The van der Waals surface area contributed by atoms with Gasteiger partial charge in [-0.2, -0.15) is 5.10 Å². The van der Waals surface area contributed by atoms with Crippen molar-refractivity contribution in [3.63, 3.8) is 0 Å². The molecule has 0 aliphatic carbocycles. The number of halogens is 1. The zero-order chi connectivity index (χ0) is 19.2. The van der Waals surface area contributed by atoms with Crippen molar-refractivity contribution in [1.29, 1.82) is 0 Å². The minimum Gasteiger partial charge on any atom is -0.497 e. The molecule has 0 saturated heterocycles. The third-order valence-electron chi connectivity index (χ3n) is 4.04. The van der Waals surface area contributed by atoms with E-state index in [1.807, 2.05) is 24.3 Å². The van der Waals surface area contributed by atoms with Crippen molar-refractivity contribution < 1.29 is 18.7 Å². The molecule has 1 N–H and O–H groups in total. The summed E-state index contributed by atoms with van der Waals surface area (Å²) < 4.78 is 25.0. The molecule has 3 aromatic rings. The van der Waals surface area contributed by atoms with Gasteiger partial charge in [-0.05, 0) is 48.4 Å². The Kier molecular flexibility index (Phi) is 5.71. The van der Waals surface area contributed by atoms with Crippen LogP contribution >= 0.6 is 0 Å². The molecular weight excluding hydrogens is 349 g/mol. The third-order valence-corrected chi connectivity index (χ3v) is 4.04. The Morgan fingerprint density at radius 3 is 2.63 bits per heavy atom. The lowest BCUT2D eigenvalue weighted by atomic mass is 10.1. The molecule has 1 aromatic heterocycles. The summed E-state index contributed by atoms with van der Waals surface area (Å²) in [7, 11) is 3.09. The number of amides is 1. The fourth-order valence-corrected chi connectivity index (χ4v) is 2.62. The van der Waals surface area contributed by atoms with Crippen molar-refractivity contribution in [3.05, 3.63) is 71.8 Å². The van der Waals surface area contributed by atoms with E-state index in [1.165, 1.54) is 23.9 Å². The number of carbonyl (C=O) groups is 1. The Morgan fingerprint density at radius 1 is 1.15 bits per heavy atom. The molecule has 0 aliphatic rings. The highest BCUT2D eigenvalue weighted by atomic mass is 19.1. The number of benzene rings is 2. The van der Waals surface area contributed by atoms with Gasteiger partial charge in [0, 0.05) is 6.54 Å². The highest BCUT2D eigenvalue weighted by Crippen LogP contribution is 2.20. The van der Waals surface area contributed by atoms with Crippen LogP contribution in [-0.4, -0.2) is 36.5 Å². The van der Waals surface area contributed by atoms with Crippen LogP contribution in [0.5, 0.6) is 11.5 Å². The summed E-state index contributed by atoms with van der Waals surface area (Å²) in [5, 5.41) is 7.11. The molecule has 7 heteroatoms. The summed E-state index contributed by atoms with van der Waals surface area (Å²) in [6.45, 7) is 0.443. The Labute approximate surface area is 156 Å². The predicted octanol–water partition coefficient (Wildman–Crippen LogP) is 3.00. The summed E-state index contributed by atoms with van der Waals surface area (Å²) in [5.41, 5.74) is 1.86. The van der Waals surface area contributed by atoms with Gasteiger partial charge in [-0.1, -0.05) is 12.1 Å². The van der Waals surface area contributed by atoms with Gasteiger partial charge in [0.1, 0.15) is 11.6 Å². The van der Waals surface area contributed by atoms with Crippen molar-refractivity contribution in [3.8, 4) is 17.2 Å². The third kappa shape index (κ3) is 4.44. The van der Waals surface area contributed by atoms with Gasteiger partial charge >= 0.3 is 0 Å². The van der Waals surface area contributed by atoms with E-state index in [0.29, 0.717) is 24.4 Å². The summed E-state index contributed by atoms with van der Waals surface area (Å²) in [5.74, 6) is 0.445. The molecule has 0 atom stereocenters. The second-order valence-corrected chi connectivity index (χ2v) is 5.82. The monoisotopic (exact) mass is 369 g/mol. The number of nitrogens with zero attached hydrogens (tertiary/aromatic N) is 2. The average Bonchev–Trinajstić information content (AvgIpc) is 3.13. The molecule has 0 radical (unpaired) electrons. The molecule has 0 fully saturated rings. The number of carbonyl (C=O) groups excluding carboxylic acids is 1. The minimum atomic E-state index is -0.339. The van der Waals surface area contributed by atoms with E-state index in [4.69, 9.17) is 9.47 Å². The summed E-state index contributed by atoms with van der Waals surface area (Å²) in [6.07, 6.45) is 2.24. The number of ether oxygens (including phenoxy) is 2. The smallest absolute Gasteiger partial charge is 0.275 e. The van der Waals surface area contributed by atoms with Crippen LogP contribution in [0.15, 0.2) is 54.7 Å². The van der Waals surface area contributed by atoms with Crippen LogP contribution in [0.1, 0.15) is 16.1 Å². The van der Waals surface area contributed by atoms with Crippen LogP contribution in [0.2, 0.25) is 0 Å². The highest BCUT2D eigenvalue weighted by molar-refractivity contribution is 5.94. The van der Waals surface area contributed by atoms with Crippen molar-refractivity contribution in [1.82, 2.24) is 15.1 Å². The van der Waals surface area contributed by atoms with Gasteiger partial charge in [-0.3, -0.25) is 4.79 Å². The first-order valence-corrected chi connectivity index (χ1v) is 8.41. The number of aromatic nitrogens is 2. The van der Waals surface area contributed by atoms with E-state index >= 15 is 0 Å². The van der Waals surface area contributed by atoms with E-state index in [1.54, 1.807) is 25.4 Å². The van der Waals surface area contributed by atoms with E-state index in [0.717, 1.165) is 11.3 Å². The van der Waals surface area contributed by atoms with Gasteiger partial charge in [-0.25, -0.2) is 9.07 Å². The lowest BCUT2D eigenvalue weighted by Gasteiger charge is -2.06. The molecule has 1 amide bonds. The van der Waals surface area contributed by atoms with Gasteiger partial charge in [0.15, 0.2) is 11.4 Å². The summed E-state index contributed by atoms with van der Waals surface area (Å²) >= 11 is 0. The minimum absolute atomic E-state index is 0.174. The second kappa shape index (κ2) is 8.35. The van der Waals surface area contributed by atoms with Crippen LogP contribution in [0.4, 0.5) is 4.39 Å². The Morgan fingerprint density at radius 2 is 1.93 bits per heavy atom. The van der Waals surface area contributed by atoms with Crippen molar-refractivity contribution in [2.24, 2.45) is 0 Å². The maximum Gasteiger partial charge on any atom is 0.275 e. The molecule has 2 aromatic carbocycles. The summed E-state index contributed by atoms with van der Waals surface area (Å²) in [4.78, 5) is 12.5. The normalized spacial score (nSPS) is 10.5. The fraction of sp³-hybridized carbons (Fsp3) is 0.200. The lowest BCUT2D eigenvalue weighted by Crippen LogP contribution is -2.26. The van der Waals surface area contributed by atoms with Gasteiger partial charge in [0.2, 0.25) is 0 Å². The SMILES string of the molecule is COc1cccc(CCNC(=O)c2nn(-c3ccc(F)cc3)cc2OC)c1. The first kappa shape index (κ1) is 18.4.